The van der Waals surface area contributed by atoms with Crippen LogP contribution in [0.3, 0.4) is 0 Å². The second-order valence-corrected chi connectivity index (χ2v) is 8.02. The van der Waals surface area contributed by atoms with E-state index < -0.39 is 17.6 Å². The molecule has 1 aliphatic rings. The van der Waals surface area contributed by atoms with Crippen molar-refractivity contribution in [1.29, 1.82) is 0 Å². The van der Waals surface area contributed by atoms with Crippen LogP contribution in [0.1, 0.15) is 40.0 Å². The molecule has 3 aromatic rings. The van der Waals surface area contributed by atoms with Crippen molar-refractivity contribution in [3.8, 4) is 5.75 Å². The molecule has 10 heteroatoms. The highest BCUT2D eigenvalue weighted by molar-refractivity contribution is 6.08. The normalized spacial score (nSPS) is 14.1. The van der Waals surface area contributed by atoms with Crippen LogP contribution in [0.2, 0.25) is 0 Å². The molecule has 184 valence electrons. The largest absolute Gasteiger partial charge is 0.489 e. The van der Waals surface area contributed by atoms with Crippen LogP contribution in [0.5, 0.6) is 5.75 Å². The van der Waals surface area contributed by atoms with Gasteiger partial charge in [-0.15, -0.1) is 0 Å². The number of hydrogen-bond donors (Lipinski definition) is 2. The van der Waals surface area contributed by atoms with Crippen LogP contribution in [-0.2, 0) is 17.6 Å². The summed E-state index contributed by atoms with van der Waals surface area (Å²) in [5.41, 5.74) is 4.65. The number of ether oxygens (including phenoxy) is 1. The average Bonchev–Trinajstić information content (AvgIpc) is 2.86. The Balaban J connectivity index is 1.57. The van der Waals surface area contributed by atoms with Gasteiger partial charge < -0.3 is 14.9 Å². The molecule has 1 amide bonds. The Kier molecular flexibility index (Phi) is 7.23. The maximum absolute atomic E-state index is 13.3. The number of anilines is 2. The number of nitrogens with one attached hydrogen (secondary N) is 2. The summed E-state index contributed by atoms with van der Waals surface area (Å²) in [6.07, 6.45) is -2.89. The third-order valence-corrected chi connectivity index (χ3v) is 5.69. The number of carbonyl (C=O) groups is 1. The fourth-order valence-corrected chi connectivity index (χ4v) is 3.81. The van der Waals surface area contributed by atoms with Crippen molar-refractivity contribution in [2.75, 3.05) is 30.5 Å². The highest BCUT2D eigenvalue weighted by Crippen LogP contribution is 2.39. The molecule has 0 saturated heterocycles. The topological polar surface area (TPSA) is 75.7 Å². The summed E-state index contributed by atoms with van der Waals surface area (Å²) in [7, 11) is 1.56. The molecule has 1 unspecified atom stereocenters. The Morgan fingerprint density at radius 3 is 2.51 bits per heavy atom. The van der Waals surface area contributed by atoms with E-state index in [0.29, 0.717) is 23.8 Å². The van der Waals surface area contributed by atoms with Gasteiger partial charge in [0.05, 0.1) is 25.3 Å². The number of benzene rings is 2. The number of alkyl halides is 3. The molecule has 35 heavy (non-hydrogen) atoms. The average molecular weight is 486 g/mol. The van der Waals surface area contributed by atoms with Gasteiger partial charge in [0.2, 0.25) is 0 Å². The predicted octanol–water partition coefficient (Wildman–Crippen LogP) is 4.96. The zero-order valence-corrected chi connectivity index (χ0v) is 19.2. The molecule has 2 N–H and O–H groups in total. The summed E-state index contributed by atoms with van der Waals surface area (Å²) in [6, 6.07) is 13.6. The molecule has 1 aromatic heterocycles. The van der Waals surface area contributed by atoms with Crippen LogP contribution in [0, 0.1) is 0 Å². The summed E-state index contributed by atoms with van der Waals surface area (Å²) < 4.78 is 44.5. The maximum Gasteiger partial charge on any atom is 0.416 e. The van der Waals surface area contributed by atoms with Crippen LogP contribution in [-0.4, -0.2) is 31.2 Å². The van der Waals surface area contributed by atoms with E-state index in [1.54, 1.807) is 19.4 Å². The lowest BCUT2D eigenvalue weighted by Crippen LogP contribution is -2.38. The molecule has 1 atom stereocenters. The quantitative estimate of drug-likeness (QED) is 0.460. The number of fused-ring (bicyclic) bond motifs is 1. The minimum Gasteiger partial charge on any atom is -0.489 e. The van der Waals surface area contributed by atoms with E-state index in [1.807, 2.05) is 31.2 Å². The van der Waals surface area contributed by atoms with E-state index >= 15 is 0 Å². The minimum atomic E-state index is -4.47. The number of rotatable bonds is 7. The number of nitrogens with zero attached hydrogens (tertiary/aromatic N) is 2. The first-order valence-corrected chi connectivity index (χ1v) is 11.0. The maximum atomic E-state index is 13.3. The molecule has 0 aliphatic carbocycles. The summed E-state index contributed by atoms with van der Waals surface area (Å²) in [5, 5.41) is 3.34. The molecule has 0 saturated carbocycles. The summed E-state index contributed by atoms with van der Waals surface area (Å²) in [6.45, 7) is 3.04. The number of halogens is 3. The number of amides is 1. The van der Waals surface area contributed by atoms with Gasteiger partial charge in [0.25, 0.3) is 5.91 Å². The van der Waals surface area contributed by atoms with Crippen LogP contribution >= 0.6 is 0 Å². The predicted molar refractivity (Wildman–Crippen MR) is 125 cm³/mol. The number of hydrogen-bond acceptors (Lipinski definition) is 6. The molecule has 7 nitrogen and oxygen atoms in total. The van der Waals surface area contributed by atoms with Crippen LogP contribution < -0.4 is 20.4 Å². The van der Waals surface area contributed by atoms with Crippen molar-refractivity contribution in [3.63, 3.8) is 0 Å². The van der Waals surface area contributed by atoms with Gasteiger partial charge in [0.1, 0.15) is 18.0 Å². The SMILES string of the molecule is CONCc1ccc(C(C)Nc2nccc3c2N(C(=O)c2ccc(C(F)(F)F)cc2)CCO3)cc1. The van der Waals surface area contributed by atoms with E-state index in [9.17, 15) is 18.0 Å². The standard InChI is InChI=1S/C25H25F3N4O3/c1-16(18-5-3-17(4-6-18)15-30-34-2)31-23-22-21(11-12-29-23)35-14-13-32(22)24(33)19-7-9-20(10-8-19)25(26,27)28/h3-12,16,30H,13-15H2,1-2H3,(H,29,31). The first-order chi connectivity index (χ1) is 16.8. The smallest absolute Gasteiger partial charge is 0.416 e. The first kappa shape index (κ1) is 24.5. The van der Waals surface area contributed by atoms with Gasteiger partial charge in [0, 0.05) is 24.4 Å². The van der Waals surface area contributed by atoms with Crippen LogP contribution in [0.4, 0.5) is 24.7 Å². The van der Waals surface area contributed by atoms with E-state index in [-0.39, 0.29) is 24.8 Å². The van der Waals surface area contributed by atoms with Gasteiger partial charge in [0.15, 0.2) is 5.82 Å². The second-order valence-electron chi connectivity index (χ2n) is 8.02. The van der Waals surface area contributed by atoms with E-state index in [0.717, 1.165) is 23.3 Å². The fraction of sp³-hybridized carbons (Fsp3) is 0.280. The second kappa shape index (κ2) is 10.3. The molecule has 1 aliphatic heterocycles. The molecular weight excluding hydrogens is 461 g/mol. The minimum absolute atomic E-state index is 0.147. The van der Waals surface area contributed by atoms with Crippen LogP contribution in [0.15, 0.2) is 60.8 Å². The molecule has 0 spiro atoms. The lowest BCUT2D eigenvalue weighted by molar-refractivity contribution is -0.137. The lowest BCUT2D eigenvalue weighted by Gasteiger charge is -2.31. The summed E-state index contributed by atoms with van der Waals surface area (Å²) in [4.78, 5) is 24.1. The lowest BCUT2D eigenvalue weighted by atomic mass is 10.1. The van der Waals surface area contributed by atoms with Crippen molar-refractivity contribution in [2.24, 2.45) is 0 Å². The fourth-order valence-electron chi connectivity index (χ4n) is 3.81. The number of carbonyl (C=O) groups excluding carboxylic acids is 1. The van der Waals surface area contributed by atoms with E-state index in [4.69, 9.17) is 9.57 Å². The van der Waals surface area contributed by atoms with Gasteiger partial charge in [-0.2, -0.15) is 18.7 Å². The van der Waals surface area contributed by atoms with Crippen molar-refractivity contribution in [3.05, 3.63) is 83.0 Å². The Morgan fingerprint density at radius 1 is 1.14 bits per heavy atom. The van der Waals surface area contributed by atoms with Crippen molar-refractivity contribution in [2.45, 2.75) is 25.7 Å². The third kappa shape index (κ3) is 5.55. The zero-order valence-electron chi connectivity index (χ0n) is 19.2. The Morgan fingerprint density at radius 2 is 1.86 bits per heavy atom. The molecule has 2 heterocycles. The van der Waals surface area contributed by atoms with Crippen LogP contribution in [0.25, 0.3) is 0 Å². The van der Waals surface area contributed by atoms with Crippen molar-refractivity contribution in [1.82, 2.24) is 10.5 Å². The highest BCUT2D eigenvalue weighted by atomic mass is 19.4. The Labute approximate surface area is 200 Å². The monoisotopic (exact) mass is 486 g/mol. The molecule has 0 radical (unpaired) electrons. The number of pyridine rings is 1. The summed E-state index contributed by atoms with van der Waals surface area (Å²) in [5.74, 6) is 0.490. The molecule has 2 aromatic carbocycles. The van der Waals surface area contributed by atoms with Gasteiger partial charge in [-0.3, -0.25) is 9.69 Å². The highest BCUT2D eigenvalue weighted by Gasteiger charge is 2.32. The molecule has 0 bridgehead atoms. The van der Waals surface area contributed by atoms with E-state index in [1.165, 1.54) is 17.0 Å². The number of hydroxylamine groups is 1. The number of aromatic nitrogens is 1. The van der Waals surface area contributed by atoms with Gasteiger partial charge >= 0.3 is 6.18 Å². The first-order valence-electron chi connectivity index (χ1n) is 11.0. The van der Waals surface area contributed by atoms with Crippen molar-refractivity contribution < 1.29 is 27.5 Å². The molecule has 0 fully saturated rings. The third-order valence-electron chi connectivity index (χ3n) is 5.69. The van der Waals surface area contributed by atoms with Gasteiger partial charge in [-0.25, -0.2) is 4.98 Å². The van der Waals surface area contributed by atoms with E-state index in [2.05, 4.69) is 15.8 Å². The molecular formula is C25H25F3N4O3. The Hall–Kier alpha value is -3.63. The van der Waals surface area contributed by atoms with Crippen molar-refractivity contribution >= 4 is 17.4 Å². The Bertz CT molecular complexity index is 1170. The van der Waals surface area contributed by atoms with Gasteiger partial charge in [-0.05, 0) is 42.3 Å². The van der Waals surface area contributed by atoms with Gasteiger partial charge in [-0.1, -0.05) is 24.3 Å². The zero-order chi connectivity index (χ0) is 25.0. The summed E-state index contributed by atoms with van der Waals surface area (Å²) >= 11 is 0. The molecule has 4 rings (SSSR count).